The van der Waals surface area contributed by atoms with Gasteiger partial charge in [0.05, 0.1) is 4.92 Å². The second-order valence-corrected chi connectivity index (χ2v) is 2.52. The van der Waals surface area contributed by atoms with Gasteiger partial charge in [-0.2, -0.15) is 0 Å². The van der Waals surface area contributed by atoms with Crippen molar-refractivity contribution in [2.75, 3.05) is 5.32 Å². The van der Waals surface area contributed by atoms with Crippen molar-refractivity contribution in [3.05, 3.63) is 34.4 Å². The molecule has 1 aromatic rings. The van der Waals surface area contributed by atoms with Crippen molar-refractivity contribution in [1.29, 1.82) is 0 Å². The summed E-state index contributed by atoms with van der Waals surface area (Å²) in [4.78, 5) is 9.94. The van der Waals surface area contributed by atoms with Crippen molar-refractivity contribution in [3.63, 3.8) is 0 Å². The third-order valence-corrected chi connectivity index (χ3v) is 1.40. The molecule has 0 saturated carbocycles. The van der Waals surface area contributed by atoms with Crippen LogP contribution in [-0.2, 0) is 0 Å². The summed E-state index contributed by atoms with van der Waals surface area (Å²) in [6, 6.07) is 6.88. The van der Waals surface area contributed by atoms with Gasteiger partial charge in [0.2, 0.25) is 0 Å². The molecule has 5 nitrogen and oxygen atoms in total. The van der Waals surface area contributed by atoms with Crippen LogP contribution in [0.15, 0.2) is 18.2 Å². The van der Waals surface area contributed by atoms with Gasteiger partial charge in [0.15, 0.2) is 0 Å². The van der Waals surface area contributed by atoms with E-state index in [1.54, 1.807) is 0 Å². The van der Waals surface area contributed by atoms with Crippen LogP contribution in [0.5, 0.6) is 0 Å². The van der Waals surface area contributed by atoms with E-state index in [0.29, 0.717) is 5.69 Å². The van der Waals surface area contributed by atoms with Gasteiger partial charge in [0, 0.05) is 6.07 Å². The molecule has 0 aliphatic carbocycles. The molecule has 0 spiro atoms. The first kappa shape index (κ1) is 9.47. The molecule has 1 rings (SSSR count). The fraction of sp³-hybridized carbons (Fsp3) is 0.250. The van der Waals surface area contributed by atoms with Gasteiger partial charge in [-0.25, -0.2) is 0 Å². The molecular formula is C8H9N2O3. The smallest absolute Gasteiger partial charge is 0.293 e. The summed E-state index contributed by atoms with van der Waals surface area (Å²) in [5.41, 5.74) is 0.196. The minimum Gasteiger partial charge on any atom is -0.374 e. The average molecular weight is 181 g/mol. The molecule has 69 valence electrons. The van der Waals surface area contributed by atoms with E-state index in [1.807, 2.05) is 0 Å². The first-order valence-corrected chi connectivity index (χ1v) is 3.70. The first-order valence-electron chi connectivity index (χ1n) is 3.70. The molecule has 0 fully saturated rings. The Morgan fingerprint density at radius 2 is 2.46 bits per heavy atom. The van der Waals surface area contributed by atoms with E-state index < -0.39 is 11.2 Å². The van der Waals surface area contributed by atoms with E-state index in [4.69, 9.17) is 5.11 Å². The summed E-state index contributed by atoms with van der Waals surface area (Å²) in [6.45, 7) is 1.49. The summed E-state index contributed by atoms with van der Waals surface area (Å²) in [5.74, 6) is 0. The monoisotopic (exact) mass is 181 g/mol. The number of nitrogens with one attached hydrogen (secondary N) is 1. The molecule has 13 heavy (non-hydrogen) atoms. The maximum atomic E-state index is 10.5. The number of hydrogen-bond acceptors (Lipinski definition) is 4. The number of nitro groups is 1. The Morgan fingerprint density at radius 1 is 1.77 bits per heavy atom. The molecule has 2 N–H and O–H groups in total. The number of nitrogens with zero attached hydrogens (tertiary/aromatic N) is 1. The Morgan fingerprint density at radius 3 is 3.00 bits per heavy atom. The van der Waals surface area contributed by atoms with Crippen LogP contribution >= 0.6 is 0 Å². The summed E-state index contributed by atoms with van der Waals surface area (Å²) in [5, 5.41) is 22.0. The van der Waals surface area contributed by atoms with Crippen LogP contribution in [-0.4, -0.2) is 16.3 Å². The highest BCUT2D eigenvalue weighted by Crippen LogP contribution is 2.22. The summed E-state index contributed by atoms with van der Waals surface area (Å²) >= 11 is 0. The predicted octanol–water partition coefficient (Wildman–Crippen LogP) is 1.15. The summed E-state index contributed by atoms with van der Waals surface area (Å²) < 4.78 is 0. The molecular weight excluding hydrogens is 172 g/mol. The highest BCUT2D eigenvalue weighted by molar-refractivity contribution is 5.60. The average Bonchev–Trinajstić information content (AvgIpc) is 2.03. The third kappa shape index (κ3) is 2.41. The van der Waals surface area contributed by atoms with Gasteiger partial charge < -0.3 is 10.4 Å². The van der Waals surface area contributed by atoms with Crippen molar-refractivity contribution in [1.82, 2.24) is 0 Å². The lowest BCUT2D eigenvalue weighted by atomic mass is 10.2. The van der Waals surface area contributed by atoms with Gasteiger partial charge in [-0.3, -0.25) is 10.1 Å². The van der Waals surface area contributed by atoms with Crippen LogP contribution in [0, 0.1) is 16.2 Å². The van der Waals surface area contributed by atoms with Gasteiger partial charge >= 0.3 is 0 Å². The zero-order chi connectivity index (χ0) is 9.84. The predicted molar refractivity (Wildman–Crippen MR) is 47.2 cm³/mol. The fourth-order valence-electron chi connectivity index (χ4n) is 0.920. The number of hydrogen-bond donors (Lipinski definition) is 2. The van der Waals surface area contributed by atoms with Gasteiger partial charge in [0.25, 0.3) is 5.69 Å². The quantitative estimate of drug-likeness (QED) is 0.416. The topological polar surface area (TPSA) is 75.4 Å². The molecule has 1 aromatic carbocycles. The van der Waals surface area contributed by atoms with Gasteiger partial charge in [-0.05, 0) is 19.1 Å². The highest BCUT2D eigenvalue weighted by atomic mass is 16.6. The highest BCUT2D eigenvalue weighted by Gasteiger charge is 2.12. The molecule has 0 heterocycles. The minimum atomic E-state index is -0.818. The van der Waals surface area contributed by atoms with Crippen LogP contribution in [0.2, 0.25) is 0 Å². The van der Waals surface area contributed by atoms with Gasteiger partial charge in [-0.15, -0.1) is 0 Å². The second kappa shape index (κ2) is 3.86. The standard InChI is InChI=1S/C8H9N2O3/c1-6(11)9-7-4-2-3-5-8(7)10(12)13/h2,4-6,9,11H,1H3. The van der Waals surface area contributed by atoms with Crippen LogP contribution in [0.1, 0.15) is 6.92 Å². The van der Waals surface area contributed by atoms with E-state index in [-0.39, 0.29) is 5.69 Å². The number of aliphatic hydroxyl groups is 1. The molecule has 0 bridgehead atoms. The number of aliphatic hydroxyl groups excluding tert-OH is 1. The lowest BCUT2D eigenvalue weighted by Crippen LogP contribution is -2.14. The molecule has 1 radical (unpaired) electrons. The van der Waals surface area contributed by atoms with Crippen LogP contribution in [0.25, 0.3) is 0 Å². The van der Waals surface area contributed by atoms with E-state index in [2.05, 4.69) is 11.4 Å². The maximum Gasteiger partial charge on any atom is 0.293 e. The van der Waals surface area contributed by atoms with Crippen molar-refractivity contribution in [2.45, 2.75) is 13.2 Å². The summed E-state index contributed by atoms with van der Waals surface area (Å²) in [7, 11) is 0. The number of nitro benzene ring substituents is 1. The Kier molecular flexibility index (Phi) is 2.81. The molecule has 5 heteroatoms. The number of rotatable bonds is 3. The number of benzene rings is 1. The Bertz CT molecular complexity index is 312. The SMILES string of the molecule is CC(O)Nc1cc[c]cc1[N+](=O)[O-]. The molecule has 0 saturated heterocycles. The Labute approximate surface area is 75.2 Å². The Balaban J connectivity index is 2.98. The van der Waals surface area contributed by atoms with Crippen LogP contribution in [0.3, 0.4) is 0 Å². The molecule has 0 aromatic heterocycles. The maximum absolute atomic E-state index is 10.5. The normalized spacial score (nSPS) is 12.2. The van der Waals surface area contributed by atoms with Crippen LogP contribution < -0.4 is 5.32 Å². The van der Waals surface area contributed by atoms with Crippen molar-refractivity contribution < 1.29 is 10.0 Å². The summed E-state index contributed by atoms with van der Waals surface area (Å²) in [6.07, 6.45) is -0.818. The molecule has 0 aliphatic rings. The lowest BCUT2D eigenvalue weighted by molar-refractivity contribution is -0.384. The van der Waals surface area contributed by atoms with Crippen LogP contribution in [0.4, 0.5) is 11.4 Å². The van der Waals surface area contributed by atoms with Gasteiger partial charge in [0.1, 0.15) is 11.9 Å². The zero-order valence-corrected chi connectivity index (χ0v) is 7.02. The third-order valence-electron chi connectivity index (χ3n) is 1.40. The zero-order valence-electron chi connectivity index (χ0n) is 7.02. The largest absolute Gasteiger partial charge is 0.374 e. The molecule has 1 unspecified atom stereocenters. The molecule has 0 amide bonds. The first-order chi connectivity index (χ1) is 6.11. The Hall–Kier alpha value is -1.62. The van der Waals surface area contributed by atoms with Crippen molar-refractivity contribution >= 4 is 11.4 Å². The fourth-order valence-corrected chi connectivity index (χ4v) is 0.920. The van der Waals surface area contributed by atoms with Crippen molar-refractivity contribution in [2.24, 2.45) is 0 Å². The minimum absolute atomic E-state index is 0.0941. The van der Waals surface area contributed by atoms with E-state index >= 15 is 0 Å². The molecule has 0 aliphatic heterocycles. The molecule has 1 atom stereocenters. The van der Waals surface area contributed by atoms with E-state index in [9.17, 15) is 10.1 Å². The second-order valence-electron chi connectivity index (χ2n) is 2.52. The van der Waals surface area contributed by atoms with Gasteiger partial charge in [-0.1, -0.05) is 6.07 Å². The lowest BCUT2D eigenvalue weighted by Gasteiger charge is -2.08. The van der Waals surface area contributed by atoms with E-state index in [0.717, 1.165) is 0 Å². The number of anilines is 1. The van der Waals surface area contributed by atoms with E-state index in [1.165, 1.54) is 25.1 Å². The van der Waals surface area contributed by atoms with Crippen molar-refractivity contribution in [3.8, 4) is 0 Å².